The van der Waals surface area contributed by atoms with Crippen LogP contribution in [0.25, 0.3) is 0 Å². The highest BCUT2D eigenvalue weighted by atomic mass is 19.1. The van der Waals surface area contributed by atoms with Crippen molar-refractivity contribution >= 4 is 5.91 Å². The Kier molecular flexibility index (Phi) is 5.89. The van der Waals surface area contributed by atoms with Gasteiger partial charge in [0.25, 0.3) is 0 Å². The fraction of sp³-hybridized carbons (Fsp3) is 0.588. The average molecular weight is 310 g/mol. The molecule has 1 saturated heterocycles. The summed E-state index contributed by atoms with van der Waals surface area (Å²) in [5.41, 5.74) is 0.484. The van der Waals surface area contributed by atoms with E-state index in [4.69, 9.17) is 0 Å². The standard InChI is InChI=1S/C17H24F2N2O/c1-3-21(4-2)17(22)14-6-5-9-20(12-14)11-13-7-8-15(18)10-16(13)19/h7-8,10,14H,3-6,9,11-12H2,1-2H3/t14-/m1/s1. The molecule has 1 atom stereocenters. The number of carbonyl (C=O) groups is 1. The number of amides is 1. The maximum Gasteiger partial charge on any atom is 0.226 e. The predicted molar refractivity (Wildman–Crippen MR) is 82.3 cm³/mol. The number of carbonyl (C=O) groups excluding carboxylic acids is 1. The fourth-order valence-corrected chi connectivity index (χ4v) is 3.09. The average Bonchev–Trinajstić information content (AvgIpc) is 2.51. The van der Waals surface area contributed by atoms with Crippen molar-refractivity contribution < 1.29 is 13.6 Å². The molecule has 1 amide bonds. The second kappa shape index (κ2) is 7.68. The molecule has 1 fully saturated rings. The number of rotatable bonds is 5. The summed E-state index contributed by atoms with van der Waals surface area (Å²) in [4.78, 5) is 16.4. The van der Waals surface area contributed by atoms with Gasteiger partial charge in [0.1, 0.15) is 11.6 Å². The van der Waals surface area contributed by atoms with Crippen molar-refractivity contribution in [3.8, 4) is 0 Å². The zero-order valence-corrected chi connectivity index (χ0v) is 13.3. The molecular formula is C17H24F2N2O. The minimum atomic E-state index is -0.561. The molecule has 0 aliphatic carbocycles. The van der Waals surface area contributed by atoms with Crippen LogP contribution in [0, 0.1) is 17.6 Å². The Balaban J connectivity index is 2.00. The largest absolute Gasteiger partial charge is 0.343 e. The van der Waals surface area contributed by atoms with Crippen molar-refractivity contribution in [2.45, 2.75) is 33.2 Å². The van der Waals surface area contributed by atoms with Gasteiger partial charge in [0.15, 0.2) is 0 Å². The van der Waals surface area contributed by atoms with Gasteiger partial charge in [-0.1, -0.05) is 6.07 Å². The third-order valence-corrected chi connectivity index (χ3v) is 4.34. The van der Waals surface area contributed by atoms with E-state index in [-0.39, 0.29) is 11.8 Å². The van der Waals surface area contributed by atoms with Crippen molar-refractivity contribution in [2.24, 2.45) is 5.92 Å². The first kappa shape index (κ1) is 16.9. The number of halogens is 2. The molecule has 0 spiro atoms. The van der Waals surface area contributed by atoms with Crippen LogP contribution in [0.15, 0.2) is 18.2 Å². The van der Waals surface area contributed by atoms with E-state index in [9.17, 15) is 13.6 Å². The topological polar surface area (TPSA) is 23.6 Å². The molecule has 0 saturated carbocycles. The zero-order valence-electron chi connectivity index (χ0n) is 13.3. The summed E-state index contributed by atoms with van der Waals surface area (Å²) in [6.07, 6.45) is 1.82. The van der Waals surface area contributed by atoms with Crippen molar-refractivity contribution in [1.29, 1.82) is 0 Å². The van der Waals surface area contributed by atoms with Crippen LogP contribution < -0.4 is 0 Å². The Bertz CT molecular complexity index is 517. The highest BCUT2D eigenvalue weighted by molar-refractivity contribution is 5.79. The minimum Gasteiger partial charge on any atom is -0.343 e. The molecule has 2 rings (SSSR count). The molecule has 0 aromatic heterocycles. The van der Waals surface area contributed by atoms with Gasteiger partial charge < -0.3 is 4.90 Å². The Morgan fingerprint density at radius 1 is 1.32 bits per heavy atom. The van der Waals surface area contributed by atoms with Crippen molar-refractivity contribution in [3.05, 3.63) is 35.4 Å². The van der Waals surface area contributed by atoms with E-state index in [1.165, 1.54) is 12.1 Å². The van der Waals surface area contributed by atoms with Gasteiger partial charge >= 0.3 is 0 Å². The monoisotopic (exact) mass is 310 g/mol. The van der Waals surface area contributed by atoms with E-state index >= 15 is 0 Å². The summed E-state index contributed by atoms with van der Waals surface area (Å²) >= 11 is 0. The fourth-order valence-electron chi connectivity index (χ4n) is 3.09. The normalized spacial score (nSPS) is 19.2. The van der Waals surface area contributed by atoms with Crippen LogP contribution >= 0.6 is 0 Å². The summed E-state index contributed by atoms with van der Waals surface area (Å²) in [6, 6.07) is 3.68. The first-order chi connectivity index (χ1) is 10.5. The lowest BCUT2D eigenvalue weighted by molar-refractivity contribution is -0.137. The van der Waals surface area contributed by atoms with Crippen LogP contribution in [0.1, 0.15) is 32.3 Å². The number of nitrogens with zero attached hydrogens (tertiary/aromatic N) is 2. The molecular weight excluding hydrogens is 286 g/mol. The van der Waals surface area contributed by atoms with Gasteiger partial charge in [-0.2, -0.15) is 0 Å². The van der Waals surface area contributed by atoms with E-state index in [1.807, 2.05) is 18.7 Å². The summed E-state index contributed by atoms with van der Waals surface area (Å²) in [5, 5.41) is 0. The summed E-state index contributed by atoms with van der Waals surface area (Å²) in [5.74, 6) is -0.905. The SMILES string of the molecule is CCN(CC)C(=O)[C@@H]1CCCN(Cc2ccc(F)cc2F)C1. The number of piperidine rings is 1. The van der Waals surface area contributed by atoms with E-state index in [2.05, 4.69) is 4.90 Å². The molecule has 3 nitrogen and oxygen atoms in total. The third kappa shape index (κ3) is 4.03. The van der Waals surface area contributed by atoms with Gasteiger partial charge in [0.05, 0.1) is 5.92 Å². The first-order valence-corrected chi connectivity index (χ1v) is 8.00. The van der Waals surface area contributed by atoms with Gasteiger partial charge in [-0.15, -0.1) is 0 Å². The van der Waals surface area contributed by atoms with E-state index < -0.39 is 11.6 Å². The molecule has 5 heteroatoms. The summed E-state index contributed by atoms with van der Waals surface area (Å²) in [6.45, 7) is 7.32. The maximum absolute atomic E-state index is 13.8. The number of benzene rings is 1. The first-order valence-electron chi connectivity index (χ1n) is 8.00. The van der Waals surface area contributed by atoms with Crippen LogP contribution in [0.2, 0.25) is 0 Å². The van der Waals surface area contributed by atoms with Crippen LogP contribution in [-0.4, -0.2) is 41.9 Å². The molecule has 22 heavy (non-hydrogen) atoms. The third-order valence-electron chi connectivity index (χ3n) is 4.34. The zero-order chi connectivity index (χ0) is 16.1. The highest BCUT2D eigenvalue weighted by Gasteiger charge is 2.28. The lowest BCUT2D eigenvalue weighted by Crippen LogP contribution is -2.44. The molecule has 1 aliphatic heterocycles. The van der Waals surface area contributed by atoms with Crippen molar-refractivity contribution in [3.63, 3.8) is 0 Å². The molecule has 0 unspecified atom stereocenters. The Morgan fingerprint density at radius 2 is 2.05 bits per heavy atom. The van der Waals surface area contributed by atoms with Crippen molar-refractivity contribution in [1.82, 2.24) is 9.80 Å². The molecule has 122 valence electrons. The summed E-state index contributed by atoms with van der Waals surface area (Å²) in [7, 11) is 0. The Morgan fingerprint density at radius 3 is 2.68 bits per heavy atom. The number of hydrogen-bond acceptors (Lipinski definition) is 2. The maximum atomic E-state index is 13.8. The highest BCUT2D eigenvalue weighted by Crippen LogP contribution is 2.21. The number of likely N-dealkylation sites (tertiary alicyclic amines) is 1. The van der Waals surface area contributed by atoms with Gasteiger partial charge in [-0.3, -0.25) is 9.69 Å². The summed E-state index contributed by atoms with van der Waals surface area (Å²) < 4.78 is 26.7. The van der Waals surface area contributed by atoms with E-state index in [1.54, 1.807) is 0 Å². The molecule has 1 aliphatic rings. The Hall–Kier alpha value is -1.49. The van der Waals surface area contributed by atoms with Gasteiger partial charge in [0.2, 0.25) is 5.91 Å². The van der Waals surface area contributed by atoms with Gasteiger partial charge in [-0.25, -0.2) is 8.78 Å². The molecule has 0 radical (unpaired) electrons. The molecule has 1 aromatic rings. The lowest BCUT2D eigenvalue weighted by Gasteiger charge is -2.34. The second-order valence-electron chi connectivity index (χ2n) is 5.82. The van der Waals surface area contributed by atoms with Crippen LogP contribution in [-0.2, 0) is 11.3 Å². The van der Waals surface area contributed by atoms with Crippen LogP contribution in [0.3, 0.4) is 0 Å². The van der Waals surface area contributed by atoms with E-state index in [0.717, 1.165) is 38.5 Å². The lowest BCUT2D eigenvalue weighted by atomic mass is 9.96. The second-order valence-corrected chi connectivity index (χ2v) is 5.82. The molecule has 0 bridgehead atoms. The smallest absolute Gasteiger partial charge is 0.226 e. The van der Waals surface area contributed by atoms with Crippen LogP contribution in [0.4, 0.5) is 8.78 Å². The quantitative estimate of drug-likeness (QED) is 0.834. The minimum absolute atomic E-state index is 0.0165. The van der Waals surface area contributed by atoms with Gasteiger partial charge in [0, 0.05) is 37.8 Å². The molecule has 0 N–H and O–H groups in total. The number of hydrogen-bond donors (Lipinski definition) is 0. The predicted octanol–water partition coefficient (Wildman–Crippen LogP) is 3.05. The Labute approximate surface area is 130 Å². The van der Waals surface area contributed by atoms with Crippen LogP contribution in [0.5, 0.6) is 0 Å². The van der Waals surface area contributed by atoms with E-state index in [0.29, 0.717) is 18.7 Å². The van der Waals surface area contributed by atoms with Crippen molar-refractivity contribution in [2.75, 3.05) is 26.2 Å². The molecule has 1 aromatic carbocycles. The van der Waals surface area contributed by atoms with Gasteiger partial charge in [-0.05, 0) is 39.3 Å². The molecule has 1 heterocycles.